The predicted molar refractivity (Wildman–Crippen MR) is 110 cm³/mol. The molecule has 0 unspecified atom stereocenters. The number of nitrogens with zero attached hydrogens (tertiary/aromatic N) is 2. The molecule has 0 saturated carbocycles. The maximum absolute atomic E-state index is 13.4. The van der Waals surface area contributed by atoms with Crippen molar-refractivity contribution in [1.82, 2.24) is 9.97 Å². The average Bonchev–Trinajstić information content (AvgIpc) is 3.09. The van der Waals surface area contributed by atoms with E-state index in [1.165, 1.54) is 17.7 Å². The van der Waals surface area contributed by atoms with Crippen molar-refractivity contribution < 1.29 is 18.7 Å². The van der Waals surface area contributed by atoms with Crippen molar-refractivity contribution in [3.8, 4) is 11.6 Å². The topological polar surface area (TPSA) is 61.3 Å². The molecule has 1 aliphatic carbocycles. The van der Waals surface area contributed by atoms with Crippen LogP contribution < -0.4 is 4.74 Å². The zero-order chi connectivity index (χ0) is 21.3. The number of hydrogen-bond acceptors (Lipinski definition) is 5. The van der Waals surface area contributed by atoms with E-state index in [0.717, 1.165) is 36.1 Å². The molecular formula is C23H27FN2O3. The van der Waals surface area contributed by atoms with Gasteiger partial charge in [-0.05, 0) is 84.1 Å². The second-order valence-corrected chi connectivity index (χ2v) is 8.32. The van der Waals surface area contributed by atoms with Gasteiger partial charge >= 0.3 is 5.97 Å². The maximum Gasteiger partial charge on any atom is 0.344 e. The molecule has 0 aromatic carbocycles. The highest BCUT2D eigenvalue weighted by Crippen LogP contribution is 2.37. The molecule has 0 N–H and O–H groups in total. The standard InChI is InChI=1S/C23H27FN2O3/c1-13-19(16-9-7-8-10-16)15(3)26-21(20(13)22(27)29-23(4,5)6)28-17-11-12-18(24)25-14(17)2/h9,11-12H,7-8,10H2,1-6H3. The first-order chi connectivity index (χ1) is 13.6. The third kappa shape index (κ3) is 4.63. The summed E-state index contributed by atoms with van der Waals surface area (Å²) < 4.78 is 25.0. The van der Waals surface area contributed by atoms with E-state index in [0.29, 0.717) is 11.4 Å². The van der Waals surface area contributed by atoms with Gasteiger partial charge in [-0.1, -0.05) is 6.08 Å². The van der Waals surface area contributed by atoms with E-state index in [1.54, 1.807) is 6.92 Å². The van der Waals surface area contributed by atoms with Crippen molar-refractivity contribution in [2.75, 3.05) is 0 Å². The number of allylic oxidation sites excluding steroid dienone is 2. The second-order valence-electron chi connectivity index (χ2n) is 8.32. The minimum atomic E-state index is -0.661. The number of halogens is 1. The molecule has 0 saturated heterocycles. The number of ether oxygens (including phenoxy) is 2. The first-order valence-corrected chi connectivity index (χ1v) is 9.82. The molecule has 3 rings (SSSR count). The van der Waals surface area contributed by atoms with Gasteiger partial charge in [0.05, 0.1) is 5.69 Å². The van der Waals surface area contributed by atoms with Crippen LogP contribution >= 0.6 is 0 Å². The van der Waals surface area contributed by atoms with Crippen LogP contribution in [0.25, 0.3) is 5.57 Å². The number of pyridine rings is 2. The van der Waals surface area contributed by atoms with Gasteiger partial charge in [-0.2, -0.15) is 4.39 Å². The number of hydrogen-bond donors (Lipinski definition) is 0. The monoisotopic (exact) mass is 398 g/mol. The van der Waals surface area contributed by atoms with Crippen LogP contribution in [-0.4, -0.2) is 21.5 Å². The number of rotatable bonds is 4. The molecule has 0 atom stereocenters. The number of aryl methyl sites for hydroxylation is 2. The van der Waals surface area contributed by atoms with Crippen molar-refractivity contribution in [3.05, 3.63) is 52.2 Å². The van der Waals surface area contributed by atoms with Gasteiger partial charge in [-0.3, -0.25) is 0 Å². The molecule has 5 nitrogen and oxygen atoms in total. The Kier molecular flexibility index (Phi) is 5.73. The van der Waals surface area contributed by atoms with Crippen molar-refractivity contribution in [1.29, 1.82) is 0 Å². The Morgan fingerprint density at radius 3 is 2.41 bits per heavy atom. The normalized spacial score (nSPS) is 14.0. The van der Waals surface area contributed by atoms with Crippen LogP contribution in [0.15, 0.2) is 18.2 Å². The van der Waals surface area contributed by atoms with Crippen LogP contribution in [0.4, 0.5) is 4.39 Å². The summed E-state index contributed by atoms with van der Waals surface area (Å²) in [7, 11) is 0. The SMILES string of the molecule is Cc1nc(F)ccc1Oc1nc(C)c(C2=CCCC2)c(C)c1C(=O)OC(C)(C)C. The minimum Gasteiger partial charge on any atom is -0.456 e. The molecule has 2 heterocycles. The molecule has 0 amide bonds. The smallest absolute Gasteiger partial charge is 0.344 e. The van der Waals surface area contributed by atoms with Crippen LogP contribution in [-0.2, 0) is 4.74 Å². The lowest BCUT2D eigenvalue weighted by Crippen LogP contribution is -2.25. The second kappa shape index (κ2) is 7.93. The zero-order valence-corrected chi connectivity index (χ0v) is 17.9. The molecular weight excluding hydrogens is 371 g/mol. The van der Waals surface area contributed by atoms with Gasteiger partial charge in [0.2, 0.25) is 11.8 Å². The van der Waals surface area contributed by atoms with Crippen LogP contribution in [0.1, 0.15) is 72.9 Å². The Bertz CT molecular complexity index is 991. The zero-order valence-electron chi connectivity index (χ0n) is 17.9. The molecule has 1 aliphatic rings. The van der Waals surface area contributed by atoms with Crippen molar-refractivity contribution in [2.45, 2.75) is 66.4 Å². The van der Waals surface area contributed by atoms with Gasteiger partial charge in [-0.25, -0.2) is 14.8 Å². The van der Waals surface area contributed by atoms with Gasteiger partial charge in [0.15, 0.2) is 5.75 Å². The fourth-order valence-corrected chi connectivity index (χ4v) is 3.57. The molecule has 2 aromatic rings. The fourth-order valence-electron chi connectivity index (χ4n) is 3.57. The predicted octanol–water partition coefficient (Wildman–Crippen LogP) is 5.86. The number of esters is 1. The molecule has 0 fully saturated rings. The third-order valence-corrected chi connectivity index (χ3v) is 4.77. The first kappa shape index (κ1) is 21.0. The molecule has 0 radical (unpaired) electrons. The average molecular weight is 398 g/mol. The summed E-state index contributed by atoms with van der Waals surface area (Å²) >= 11 is 0. The number of aromatic nitrogens is 2. The summed E-state index contributed by atoms with van der Waals surface area (Å²) in [6.45, 7) is 10.9. The number of carbonyl (C=O) groups excluding carboxylic acids is 1. The van der Waals surface area contributed by atoms with E-state index in [4.69, 9.17) is 9.47 Å². The van der Waals surface area contributed by atoms with E-state index in [2.05, 4.69) is 16.0 Å². The summed E-state index contributed by atoms with van der Waals surface area (Å²) in [5.41, 5.74) is 3.74. The largest absolute Gasteiger partial charge is 0.456 e. The maximum atomic E-state index is 13.4. The summed E-state index contributed by atoms with van der Waals surface area (Å²) in [6.07, 6.45) is 5.27. The summed E-state index contributed by atoms with van der Waals surface area (Å²) in [6, 6.07) is 2.70. The highest BCUT2D eigenvalue weighted by atomic mass is 19.1. The lowest BCUT2D eigenvalue weighted by atomic mass is 9.95. The highest BCUT2D eigenvalue weighted by Gasteiger charge is 2.28. The van der Waals surface area contributed by atoms with Gasteiger partial charge in [0.25, 0.3) is 0 Å². The van der Waals surface area contributed by atoms with E-state index >= 15 is 0 Å². The van der Waals surface area contributed by atoms with E-state index < -0.39 is 17.5 Å². The van der Waals surface area contributed by atoms with Gasteiger partial charge in [0.1, 0.15) is 11.2 Å². The molecule has 154 valence electrons. The van der Waals surface area contributed by atoms with Crippen LogP contribution in [0.3, 0.4) is 0 Å². The molecule has 0 bridgehead atoms. The third-order valence-electron chi connectivity index (χ3n) is 4.77. The first-order valence-electron chi connectivity index (χ1n) is 9.82. The van der Waals surface area contributed by atoms with Crippen LogP contribution in [0.5, 0.6) is 11.6 Å². The molecule has 0 spiro atoms. The van der Waals surface area contributed by atoms with Crippen molar-refractivity contribution in [2.24, 2.45) is 0 Å². The van der Waals surface area contributed by atoms with Gasteiger partial charge in [-0.15, -0.1) is 0 Å². The van der Waals surface area contributed by atoms with E-state index in [9.17, 15) is 9.18 Å². The van der Waals surface area contributed by atoms with Gasteiger partial charge < -0.3 is 9.47 Å². The summed E-state index contributed by atoms with van der Waals surface area (Å²) in [5.74, 6) is -0.598. The molecule has 2 aromatic heterocycles. The Balaban J connectivity index is 2.14. The molecule has 29 heavy (non-hydrogen) atoms. The Morgan fingerprint density at radius 1 is 1.10 bits per heavy atom. The molecule has 0 aliphatic heterocycles. The van der Waals surface area contributed by atoms with Gasteiger partial charge in [0, 0.05) is 11.3 Å². The number of carbonyl (C=O) groups is 1. The summed E-state index contributed by atoms with van der Waals surface area (Å²) in [5, 5.41) is 0. The molecule has 6 heteroatoms. The Labute approximate surface area is 171 Å². The van der Waals surface area contributed by atoms with E-state index in [1.807, 2.05) is 34.6 Å². The van der Waals surface area contributed by atoms with Crippen molar-refractivity contribution >= 4 is 11.5 Å². The van der Waals surface area contributed by atoms with Crippen LogP contribution in [0, 0.1) is 26.7 Å². The highest BCUT2D eigenvalue weighted by molar-refractivity contribution is 5.96. The Hall–Kier alpha value is -2.76. The lowest BCUT2D eigenvalue weighted by Gasteiger charge is -2.23. The quantitative estimate of drug-likeness (QED) is 0.477. The fraction of sp³-hybridized carbons (Fsp3) is 0.435. The van der Waals surface area contributed by atoms with E-state index in [-0.39, 0.29) is 11.4 Å². The lowest BCUT2D eigenvalue weighted by molar-refractivity contribution is 0.00655. The Morgan fingerprint density at radius 2 is 1.83 bits per heavy atom. The minimum absolute atomic E-state index is 0.146. The van der Waals surface area contributed by atoms with Crippen molar-refractivity contribution in [3.63, 3.8) is 0 Å². The van der Waals surface area contributed by atoms with Crippen LogP contribution in [0.2, 0.25) is 0 Å². The summed E-state index contributed by atoms with van der Waals surface area (Å²) in [4.78, 5) is 21.5.